The third-order valence-electron chi connectivity index (χ3n) is 2.84. The summed E-state index contributed by atoms with van der Waals surface area (Å²) in [5.74, 6) is -0.611. The minimum Gasteiger partial charge on any atom is -0.379 e. The second-order valence-electron chi connectivity index (χ2n) is 4.28. The lowest BCUT2D eigenvalue weighted by Crippen LogP contribution is -2.30. The van der Waals surface area contributed by atoms with E-state index in [1.165, 1.54) is 14.2 Å². The number of hydrogen-bond acceptors (Lipinski definition) is 5. The fraction of sp³-hybridized carbons (Fsp3) is 0.500. The number of methoxy groups -OCH3 is 2. The smallest absolute Gasteiger partial charge is 0.249 e. The average Bonchev–Trinajstić information content (AvgIpc) is 2.59. The molecule has 1 aliphatic heterocycles. The zero-order valence-electron chi connectivity index (χ0n) is 12.7. The fourth-order valence-corrected chi connectivity index (χ4v) is 1.77. The van der Waals surface area contributed by atoms with Crippen LogP contribution >= 0.6 is 0 Å². The number of amides is 1. The minimum atomic E-state index is -0.611. The molecular weight excluding hydrogens is 288 g/mol. The molecule has 8 nitrogen and oxygen atoms in total. The highest BCUT2D eigenvalue weighted by molar-refractivity contribution is 5.94. The Kier molecular flexibility index (Phi) is 8.82. The molecule has 0 spiro atoms. The second-order valence-corrected chi connectivity index (χ2v) is 4.28. The second kappa shape index (κ2) is 10.7. The maximum Gasteiger partial charge on any atom is 0.249 e. The van der Waals surface area contributed by atoms with Crippen molar-refractivity contribution in [3.05, 3.63) is 45.8 Å². The van der Waals surface area contributed by atoms with E-state index >= 15 is 0 Å². The van der Waals surface area contributed by atoms with Crippen LogP contribution in [0, 0.1) is 0 Å². The predicted molar refractivity (Wildman–Crippen MR) is 80.4 cm³/mol. The van der Waals surface area contributed by atoms with Crippen LogP contribution in [0.15, 0.2) is 29.4 Å². The number of nitrogens with zero attached hydrogens (tertiary/aromatic N) is 3. The molecule has 0 aliphatic carbocycles. The van der Waals surface area contributed by atoms with E-state index in [2.05, 4.69) is 15.3 Å². The van der Waals surface area contributed by atoms with Crippen molar-refractivity contribution >= 4 is 5.91 Å². The average molecular weight is 308 g/mol. The van der Waals surface area contributed by atoms with E-state index in [0.717, 1.165) is 31.9 Å². The monoisotopic (exact) mass is 308 g/mol. The van der Waals surface area contributed by atoms with Crippen LogP contribution in [0.3, 0.4) is 0 Å². The molecule has 0 atom stereocenters. The highest BCUT2D eigenvalue weighted by atomic mass is 16.7. The van der Waals surface area contributed by atoms with Gasteiger partial charge in [0.05, 0.1) is 13.2 Å². The van der Waals surface area contributed by atoms with Gasteiger partial charge in [-0.1, -0.05) is 24.3 Å². The molecule has 1 aromatic carbocycles. The van der Waals surface area contributed by atoms with E-state index in [-0.39, 0.29) is 0 Å². The van der Waals surface area contributed by atoms with E-state index in [4.69, 9.17) is 19.7 Å². The molecule has 1 fully saturated rings. The lowest BCUT2D eigenvalue weighted by molar-refractivity contribution is -0.106. The van der Waals surface area contributed by atoms with Crippen molar-refractivity contribution in [1.82, 2.24) is 5.32 Å². The van der Waals surface area contributed by atoms with E-state index in [9.17, 15) is 4.79 Å². The maximum absolute atomic E-state index is 11.2. The summed E-state index contributed by atoms with van der Waals surface area (Å²) in [6.07, 6.45) is -0.469. The summed E-state index contributed by atoms with van der Waals surface area (Å²) in [6.45, 7) is 3.83. The van der Waals surface area contributed by atoms with E-state index < -0.39 is 12.2 Å². The summed E-state index contributed by atoms with van der Waals surface area (Å²) in [6, 6.07) is 6.46. The first-order chi connectivity index (χ1) is 10.7. The number of ether oxygens (including phenoxy) is 3. The molecule has 0 radical (unpaired) electrons. The Balaban J connectivity index is 0.000000335. The summed E-state index contributed by atoms with van der Waals surface area (Å²) in [5.41, 5.74) is 9.22. The third kappa shape index (κ3) is 6.21. The Bertz CT molecular complexity index is 481. The molecule has 1 N–H and O–H groups in total. The number of hydrogen-bond donors (Lipinski definition) is 1. The minimum absolute atomic E-state index is 0.326. The number of morpholine rings is 1. The Morgan fingerprint density at radius 3 is 2.23 bits per heavy atom. The van der Waals surface area contributed by atoms with Crippen LogP contribution in [-0.2, 0) is 14.2 Å². The molecule has 0 aromatic heterocycles. The van der Waals surface area contributed by atoms with Gasteiger partial charge in [0, 0.05) is 43.3 Å². The molecule has 0 bridgehead atoms. The number of nitrogens with one attached hydrogen (secondary N) is 1. The van der Waals surface area contributed by atoms with Crippen LogP contribution in [0.4, 0.5) is 0 Å². The van der Waals surface area contributed by atoms with Gasteiger partial charge < -0.3 is 19.5 Å². The summed E-state index contributed by atoms with van der Waals surface area (Å²) < 4.78 is 15.1. The molecule has 1 aliphatic rings. The standard InChI is InChI=1S/C10H11N3O3.C4H9NO/c1-15-10(16-2)8-5-3-7(4-6-8)9(14)12-13-11;1-3-6-4-2-5-1/h3-6,10H,1-2H3;5H,1-4H2. The first-order valence-electron chi connectivity index (χ1n) is 6.76. The van der Waals surface area contributed by atoms with Gasteiger partial charge in [0.15, 0.2) is 6.29 Å². The molecule has 0 unspecified atom stereocenters. The third-order valence-corrected chi connectivity index (χ3v) is 2.84. The van der Waals surface area contributed by atoms with Gasteiger partial charge in [-0.2, -0.15) is 0 Å². The molecular formula is C14H20N4O4. The number of carbonyl (C=O) groups is 1. The van der Waals surface area contributed by atoms with Crippen molar-refractivity contribution in [3.63, 3.8) is 0 Å². The number of benzene rings is 1. The van der Waals surface area contributed by atoms with E-state index in [1.54, 1.807) is 24.3 Å². The van der Waals surface area contributed by atoms with Crippen LogP contribution in [0.25, 0.3) is 10.4 Å². The molecule has 1 saturated heterocycles. The fourth-order valence-electron chi connectivity index (χ4n) is 1.77. The molecule has 2 rings (SSSR count). The molecule has 8 heteroatoms. The molecule has 1 heterocycles. The number of rotatable bonds is 4. The van der Waals surface area contributed by atoms with Gasteiger partial charge in [-0.05, 0) is 10.6 Å². The molecule has 120 valence electrons. The van der Waals surface area contributed by atoms with Gasteiger partial charge in [-0.3, -0.25) is 4.79 Å². The largest absolute Gasteiger partial charge is 0.379 e. The molecule has 22 heavy (non-hydrogen) atoms. The first kappa shape index (κ1) is 18.1. The van der Waals surface area contributed by atoms with Gasteiger partial charge in [0.1, 0.15) is 0 Å². The van der Waals surface area contributed by atoms with Crippen molar-refractivity contribution in [2.24, 2.45) is 5.11 Å². The van der Waals surface area contributed by atoms with Gasteiger partial charge in [0.2, 0.25) is 5.91 Å². The highest BCUT2D eigenvalue weighted by Crippen LogP contribution is 2.17. The number of carbonyl (C=O) groups excluding carboxylic acids is 1. The van der Waals surface area contributed by atoms with Crippen molar-refractivity contribution in [3.8, 4) is 0 Å². The number of azide groups is 1. The SMILES string of the molecule is C1COCCN1.COC(OC)c1ccc(C(=O)N=[N+]=[N-])cc1. The van der Waals surface area contributed by atoms with Crippen LogP contribution in [0.5, 0.6) is 0 Å². The summed E-state index contributed by atoms with van der Waals surface area (Å²) in [7, 11) is 3.04. The first-order valence-corrected chi connectivity index (χ1v) is 6.76. The van der Waals surface area contributed by atoms with Crippen molar-refractivity contribution in [2.75, 3.05) is 40.5 Å². The van der Waals surface area contributed by atoms with Crippen molar-refractivity contribution < 1.29 is 19.0 Å². The Morgan fingerprint density at radius 2 is 1.86 bits per heavy atom. The van der Waals surface area contributed by atoms with Crippen molar-refractivity contribution in [1.29, 1.82) is 0 Å². The molecule has 0 saturated carbocycles. The van der Waals surface area contributed by atoms with E-state index in [1.807, 2.05) is 0 Å². The van der Waals surface area contributed by atoms with Crippen LogP contribution < -0.4 is 5.32 Å². The molecule has 1 amide bonds. The molecule has 1 aromatic rings. The van der Waals surface area contributed by atoms with Crippen LogP contribution in [-0.4, -0.2) is 46.4 Å². The Labute approximate surface area is 129 Å². The van der Waals surface area contributed by atoms with Gasteiger partial charge in [-0.25, -0.2) is 0 Å². The quantitative estimate of drug-likeness (QED) is 0.396. The normalized spacial score (nSPS) is 13.8. The highest BCUT2D eigenvalue weighted by Gasteiger charge is 2.09. The summed E-state index contributed by atoms with van der Waals surface area (Å²) >= 11 is 0. The van der Waals surface area contributed by atoms with Crippen molar-refractivity contribution in [2.45, 2.75) is 6.29 Å². The topological polar surface area (TPSA) is 106 Å². The van der Waals surface area contributed by atoms with Gasteiger partial charge in [-0.15, -0.1) is 0 Å². The van der Waals surface area contributed by atoms with Crippen LogP contribution in [0.1, 0.15) is 22.2 Å². The predicted octanol–water partition coefficient (Wildman–Crippen LogP) is 2.03. The Morgan fingerprint density at radius 1 is 1.27 bits per heavy atom. The summed E-state index contributed by atoms with van der Waals surface area (Å²) in [4.78, 5) is 13.6. The lowest BCUT2D eigenvalue weighted by Gasteiger charge is -2.13. The van der Waals surface area contributed by atoms with Gasteiger partial charge >= 0.3 is 0 Å². The van der Waals surface area contributed by atoms with E-state index in [0.29, 0.717) is 5.56 Å². The zero-order valence-corrected chi connectivity index (χ0v) is 12.7. The zero-order chi connectivity index (χ0) is 16.2. The summed E-state index contributed by atoms with van der Waals surface area (Å²) in [5, 5.41) is 6.15. The Hall–Kier alpha value is -1.96. The maximum atomic E-state index is 11.2. The lowest BCUT2D eigenvalue weighted by atomic mass is 10.1. The van der Waals surface area contributed by atoms with Crippen LogP contribution in [0.2, 0.25) is 0 Å². The van der Waals surface area contributed by atoms with Gasteiger partial charge in [0.25, 0.3) is 0 Å².